The van der Waals surface area contributed by atoms with E-state index in [1.807, 2.05) is 13.8 Å². The largest absolute Gasteiger partial charge is 0.481 e. The van der Waals surface area contributed by atoms with E-state index in [0.29, 0.717) is 12.8 Å². The fourth-order valence-electron chi connectivity index (χ4n) is 3.77. The van der Waals surface area contributed by atoms with Crippen LogP contribution in [0.15, 0.2) is 9.98 Å². The van der Waals surface area contributed by atoms with E-state index in [4.69, 9.17) is 33.8 Å². The molecule has 19 heteroatoms. The number of hydrogen-bond acceptors (Lipinski definition) is 9. The van der Waals surface area contributed by atoms with Gasteiger partial charge >= 0.3 is 11.9 Å². The van der Waals surface area contributed by atoms with E-state index < -0.39 is 79.1 Å². The molecule has 0 aromatic carbocycles. The number of carbonyl (C=O) groups excluding carboxylic acids is 4. The van der Waals surface area contributed by atoms with Crippen molar-refractivity contribution in [2.24, 2.45) is 44.6 Å². The Hall–Kier alpha value is -4.68. The molecule has 4 atom stereocenters. The quantitative estimate of drug-likeness (QED) is 0.0309. The van der Waals surface area contributed by atoms with Crippen molar-refractivity contribution >= 4 is 47.5 Å². The van der Waals surface area contributed by atoms with Gasteiger partial charge in [0.2, 0.25) is 23.6 Å². The molecule has 0 rings (SSSR count). The molecule has 0 aliphatic heterocycles. The van der Waals surface area contributed by atoms with Gasteiger partial charge in [0.15, 0.2) is 11.9 Å². The molecular formula is C25H47N11O8. The molecule has 0 aromatic rings. The van der Waals surface area contributed by atoms with Gasteiger partial charge in [-0.05, 0) is 44.4 Å². The first-order valence-corrected chi connectivity index (χ1v) is 14.0. The molecule has 0 saturated heterocycles. The predicted molar refractivity (Wildman–Crippen MR) is 161 cm³/mol. The first kappa shape index (κ1) is 39.3. The molecule has 0 aliphatic carbocycles. The van der Waals surface area contributed by atoms with Gasteiger partial charge in [0, 0.05) is 19.5 Å². The highest BCUT2D eigenvalue weighted by Gasteiger charge is 2.28. The van der Waals surface area contributed by atoms with Crippen molar-refractivity contribution < 1.29 is 39.0 Å². The normalized spacial score (nSPS) is 13.4. The van der Waals surface area contributed by atoms with Crippen LogP contribution in [0.5, 0.6) is 0 Å². The fourth-order valence-corrected chi connectivity index (χ4v) is 3.77. The fraction of sp³-hybridized carbons (Fsp3) is 0.680. The summed E-state index contributed by atoms with van der Waals surface area (Å²) in [5.74, 6) is -5.88. The number of hydrogen-bond donors (Lipinski definition) is 11. The van der Waals surface area contributed by atoms with Crippen molar-refractivity contribution in [3.8, 4) is 0 Å². The zero-order chi connectivity index (χ0) is 33.8. The first-order chi connectivity index (χ1) is 20.5. The lowest BCUT2D eigenvalue weighted by molar-refractivity contribution is -0.143. The molecule has 0 heterocycles. The zero-order valence-corrected chi connectivity index (χ0v) is 25.1. The number of amides is 4. The summed E-state index contributed by atoms with van der Waals surface area (Å²) in [6, 6.07) is -4.74. The second kappa shape index (κ2) is 21.1. The molecule has 19 nitrogen and oxygen atoms in total. The SMILES string of the molecule is CC(C)C[C@H](N)C(=O)N[C@@H](CCCN=C(N)N)C(=O)NCC(=O)N[C@@H](CCCN=C(N)N)C(=O)N[C@@H](CCC(=O)O)C(=O)O. The summed E-state index contributed by atoms with van der Waals surface area (Å²) in [4.78, 5) is 81.1. The second-order valence-electron chi connectivity index (χ2n) is 10.4. The van der Waals surface area contributed by atoms with E-state index in [0.717, 1.165) is 0 Å². The highest BCUT2D eigenvalue weighted by Crippen LogP contribution is 2.06. The summed E-state index contributed by atoms with van der Waals surface area (Å²) in [6.07, 6.45) is 0.0812. The van der Waals surface area contributed by atoms with Gasteiger partial charge in [0.05, 0.1) is 12.6 Å². The van der Waals surface area contributed by atoms with Crippen LogP contribution >= 0.6 is 0 Å². The van der Waals surface area contributed by atoms with E-state index >= 15 is 0 Å². The third-order valence-corrected chi connectivity index (χ3v) is 5.92. The molecule has 0 saturated carbocycles. The summed E-state index contributed by atoms with van der Waals surface area (Å²) in [6.45, 7) is 3.45. The van der Waals surface area contributed by atoms with E-state index in [2.05, 4.69) is 31.3 Å². The number of aliphatic carboxylic acids is 2. The molecule has 4 amide bonds. The third kappa shape index (κ3) is 18.7. The van der Waals surface area contributed by atoms with Gasteiger partial charge in [-0.25, -0.2) is 4.79 Å². The number of nitrogens with zero attached hydrogens (tertiary/aromatic N) is 2. The van der Waals surface area contributed by atoms with E-state index in [1.54, 1.807) is 0 Å². The van der Waals surface area contributed by atoms with Gasteiger partial charge in [-0.15, -0.1) is 0 Å². The van der Waals surface area contributed by atoms with Crippen LogP contribution in [0, 0.1) is 5.92 Å². The maximum atomic E-state index is 12.9. The van der Waals surface area contributed by atoms with Gasteiger partial charge < -0.3 is 60.1 Å². The number of aliphatic imine (C=N–C) groups is 2. The van der Waals surface area contributed by atoms with Crippen LogP contribution in [-0.2, 0) is 28.8 Å². The number of guanidine groups is 2. The van der Waals surface area contributed by atoms with E-state index in [1.165, 1.54) is 0 Å². The minimum Gasteiger partial charge on any atom is -0.481 e. The van der Waals surface area contributed by atoms with Gasteiger partial charge in [-0.3, -0.25) is 34.0 Å². The summed E-state index contributed by atoms with van der Waals surface area (Å²) in [5, 5.41) is 27.8. The van der Waals surface area contributed by atoms with Gasteiger partial charge in [0.25, 0.3) is 0 Å². The summed E-state index contributed by atoms with van der Waals surface area (Å²) >= 11 is 0. The lowest BCUT2D eigenvalue weighted by Gasteiger charge is -2.23. The Kier molecular flexibility index (Phi) is 18.8. The molecule has 0 unspecified atom stereocenters. The van der Waals surface area contributed by atoms with Crippen LogP contribution in [0.2, 0.25) is 0 Å². The van der Waals surface area contributed by atoms with Crippen LogP contribution in [0.4, 0.5) is 0 Å². The Morgan fingerprint density at radius 3 is 1.66 bits per heavy atom. The monoisotopic (exact) mass is 629 g/mol. The Labute approximate surface area is 255 Å². The Morgan fingerprint density at radius 2 is 1.20 bits per heavy atom. The van der Waals surface area contributed by atoms with Crippen LogP contribution in [0.25, 0.3) is 0 Å². The van der Waals surface area contributed by atoms with Crippen molar-refractivity contribution in [1.29, 1.82) is 0 Å². The smallest absolute Gasteiger partial charge is 0.326 e. The number of carbonyl (C=O) groups is 6. The topological polar surface area (TPSA) is 346 Å². The molecule has 0 spiro atoms. The first-order valence-electron chi connectivity index (χ1n) is 14.0. The van der Waals surface area contributed by atoms with E-state index in [-0.39, 0.29) is 50.2 Å². The molecule has 0 fully saturated rings. The van der Waals surface area contributed by atoms with Crippen molar-refractivity contribution in [3.05, 3.63) is 0 Å². The molecular weight excluding hydrogens is 582 g/mol. The standard InChI is InChI=1S/C25H47N11O8/c1-13(2)11-14(26)20(40)35-15(5-3-9-31-24(27)28)21(41)33-12-18(37)34-16(6-4-10-32-25(29)30)22(42)36-17(23(43)44)7-8-19(38)39/h13-17H,3-12,26H2,1-2H3,(H,33,41)(H,34,37)(H,35,40)(H,36,42)(H,38,39)(H,43,44)(H4,27,28,31)(H4,29,30,32)/t14-,15-,16-,17-/m0/s1. The summed E-state index contributed by atoms with van der Waals surface area (Å²) < 4.78 is 0. The minimum absolute atomic E-state index is 0.0230. The molecule has 0 radical (unpaired) electrons. The average Bonchev–Trinajstić information content (AvgIpc) is 2.91. The number of carboxylic acids is 2. The number of carboxylic acid groups (broad SMARTS) is 2. The lowest BCUT2D eigenvalue weighted by atomic mass is 10.0. The zero-order valence-electron chi connectivity index (χ0n) is 25.1. The predicted octanol–water partition coefficient (Wildman–Crippen LogP) is -4.01. The Bertz CT molecular complexity index is 1040. The maximum Gasteiger partial charge on any atom is 0.326 e. The molecule has 0 aliphatic rings. The van der Waals surface area contributed by atoms with Crippen molar-refractivity contribution in [3.63, 3.8) is 0 Å². The minimum atomic E-state index is -1.53. The van der Waals surface area contributed by atoms with Crippen molar-refractivity contribution in [2.75, 3.05) is 19.6 Å². The van der Waals surface area contributed by atoms with Gasteiger partial charge in [-0.1, -0.05) is 13.8 Å². The van der Waals surface area contributed by atoms with Gasteiger partial charge in [0.1, 0.15) is 18.1 Å². The van der Waals surface area contributed by atoms with Crippen LogP contribution in [-0.4, -0.2) is 102 Å². The molecule has 44 heavy (non-hydrogen) atoms. The summed E-state index contributed by atoms with van der Waals surface area (Å²) in [7, 11) is 0. The van der Waals surface area contributed by atoms with E-state index in [9.17, 15) is 33.9 Å². The number of rotatable bonds is 22. The van der Waals surface area contributed by atoms with Crippen LogP contribution < -0.4 is 49.9 Å². The van der Waals surface area contributed by atoms with Gasteiger partial charge in [-0.2, -0.15) is 0 Å². The number of nitrogens with two attached hydrogens (primary N) is 5. The highest BCUT2D eigenvalue weighted by atomic mass is 16.4. The summed E-state index contributed by atoms with van der Waals surface area (Å²) in [5.41, 5.74) is 27.2. The molecule has 16 N–H and O–H groups in total. The second-order valence-corrected chi connectivity index (χ2v) is 10.4. The third-order valence-electron chi connectivity index (χ3n) is 5.92. The average molecular weight is 630 g/mol. The number of nitrogens with one attached hydrogen (secondary N) is 4. The van der Waals surface area contributed by atoms with Crippen LogP contribution in [0.3, 0.4) is 0 Å². The maximum absolute atomic E-state index is 12.9. The molecule has 0 bridgehead atoms. The lowest BCUT2D eigenvalue weighted by Crippen LogP contribution is -2.55. The molecule has 250 valence electrons. The molecule has 0 aromatic heterocycles. The Balaban J connectivity index is 5.50. The highest BCUT2D eigenvalue weighted by molar-refractivity contribution is 5.94. The van der Waals surface area contributed by atoms with Crippen LogP contribution in [0.1, 0.15) is 58.8 Å². The van der Waals surface area contributed by atoms with Crippen molar-refractivity contribution in [1.82, 2.24) is 21.3 Å². The van der Waals surface area contributed by atoms with Crippen molar-refractivity contribution in [2.45, 2.75) is 83.0 Å². The Morgan fingerprint density at radius 1 is 0.705 bits per heavy atom.